The van der Waals surface area contributed by atoms with E-state index in [0.29, 0.717) is 25.2 Å². The first-order chi connectivity index (χ1) is 12.1. The lowest BCUT2D eigenvalue weighted by Crippen LogP contribution is -2.35. The molecule has 0 unspecified atom stereocenters. The fraction of sp³-hybridized carbons (Fsp3) is 0.632. The van der Waals surface area contributed by atoms with Crippen LogP contribution in [0.1, 0.15) is 32.3 Å². The van der Waals surface area contributed by atoms with Crippen LogP contribution in [0.15, 0.2) is 23.2 Å². The predicted molar refractivity (Wildman–Crippen MR) is 102 cm³/mol. The third-order valence-corrected chi connectivity index (χ3v) is 4.67. The van der Waals surface area contributed by atoms with Gasteiger partial charge < -0.3 is 25.0 Å². The van der Waals surface area contributed by atoms with E-state index in [1.165, 1.54) is 12.8 Å². The molecule has 2 rings (SSSR count). The summed E-state index contributed by atoms with van der Waals surface area (Å²) >= 11 is 0. The van der Waals surface area contributed by atoms with E-state index in [4.69, 9.17) is 15.2 Å². The first-order valence-electron chi connectivity index (χ1n) is 9.13. The van der Waals surface area contributed by atoms with Gasteiger partial charge in [0, 0.05) is 19.6 Å². The van der Waals surface area contributed by atoms with Crippen molar-refractivity contribution in [3.63, 3.8) is 0 Å². The average Bonchev–Trinajstić information content (AvgIpc) is 3.48. The van der Waals surface area contributed by atoms with Crippen molar-refractivity contribution >= 4 is 5.96 Å². The van der Waals surface area contributed by atoms with Gasteiger partial charge in [0.2, 0.25) is 0 Å². The third kappa shape index (κ3) is 5.81. The topological polar surface area (TPSA) is 63.3 Å². The number of nitrogens with two attached hydrogens (primary N) is 1. The second-order valence-electron chi connectivity index (χ2n) is 6.38. The number of ether oxygens (including phenoxy) is 2. The van der Waals surface area contributed by atoms with Gasteiger partial charge in [-0.25, -0.2) is 4.99 Å². The zero-order valence-electron chi connectivity index (χ0n) is 16.0. The quantitative estimate of drug-likeness (QED) is 0.519. The molecule has 0 radical (unpaired) electrons. The second kappa shape index (κ2) is 9.51. The molecule has 1 aliphatic rings. The maximum Gasteiger partial charge on any atom is 0.191 e. The molecule has 2 N–H and O–H groups in total. The van der Waals surface area contributed by atoms with Crippen molar-refractivity contribution < 1.29 is 9.47 Å². The van der Waals surface area contributed by atoms with Crippen LogP contribution >= 0.6 is 0 Å². The van der Waals surface area contributed by atoms with Crippen LogP contribution in [0, 0.1) is 0 Å². The van der Waals surface area contributed by atoms with Crippen molar-refractivity contribution in [2.45, 2.75) is 39.3 Å². The van der Waals surface area contributed by atoms with Gasteiger partial charge in [0.15, 0.2) is 17.5 Å². The number of methoxy groups -OCH3 is 1. The molecular formula is C19H32N4O2. The Hall–Kier alpha value is -1.95. The lowest BCUT2D eigenvalue weighted by molar-refractivity contribution is 0.217. The Balaban J connectivity index is 1.92. The molecule has 140 valence electrons. The van der Waals surface area contributed by atoms with E-state index in [0.717, 1.165) is 36.7 Å². The molecule has 1 fully saturated rings. The number of guanidine groups is 1. The fourth-order valence-corrected chi connectivity index (χ4v) is 2.69. The van der Waals surface area contributed by atoms with Gasteiger partial charge in [-0.05, 0) is 43.6 Å². The van der Waals surface area contributed by atoms with E-state index in [-0.39, 0.29) is 0 Å². The van der Waals surface area contributed by atoms with Crippen molar-refractivity contribution in [1.29, 1.82) is 0 Å². The van der Waals surface area contributed by atoms with Crippen molar-refractivity contribution in [3.05, 3.63) is 23.8 Å². The summed E-state index contributed by atoms with van der Waals surface area (Å²) in [6.07, 6.45) is 2.42. The Labute approximate surface area is 151 Å². The largest absolute Gasteiger partial charge is 0.493 e. The molecule has 1 aromatic rings. The molecule has 1 aromatic carbocycles. The number of benzene rings is 1. The molecule has 6 heteroatoms. The Bertz CT molecular complexity index is 569. The SMILES string of the molecule is CCN(CC)CCOc1ccc(CN=C(N)N(C)C2CC2)cc1OC. The molecule has 1 aliphatic carbocycles. The minimum absolute atomic E-state index is 0.541. The van der Waals surface area contributed by atoms with Gasteiger partial charge >= 0.3 is 0 Å². The summed E-state index contributed by atoms with van der Waals surface area (Å²) < 4.78 is 11.4. The Morgan fingerprint density at radius 3 is 2.56 bits per heavy atom. The molecule has 6 nitrogen and oxygen atoms in total. The van der Waals surface area contributed by atoms with E-state index in [1.54, 1.807) is 7.11 Å². The summed E-state index contributed by atoms with van der Waals surface area (Å²) in [5.41, 5.74) is 7.10. The third-order valence-electron chi connectivity index (χ3n) is 4.67. The predicted octanol–water partition coefficient (Wildman–Crippen LogP) is 2.32. The van der Waals surface area contributed by atoms with Crippen LogP contribution in [0.5, 0.6) is 11.5 Å². The van der Waals surface area contributed by atoms with Crippen LogP contribution in [0.4, 0.5) is 0 Å². The van der Waals surface area contributed by atoms with Crippen LogP contribution in [0.2, 0.25) is 0 Å². The lowest BCUT2D eigenvalue weighted by atomic mass is 10.2. The maximum absolute atomic E-state index is 6.04. The Morgan fingerprint density at radius 1 is 1.24 bits per heavy atom. The van der Waals surface area contributed by atoms with E-state index in [9.17, 15) is 0 Å². The molecule has 0 spiro atoms. The molecule has 25 heavy (non-hydrogen) atoms. The number of aliphatic imine (C=N–C) groups is 1. The summed E-state index contributed by atoms with van der Waals surface area (Å²) in [6, 6.07) is 6.51. The molecule has 0 aliphatic heterocycles. The first kappa shape index (κ1) is 19.4. The standard InChI is InChI=1S/C19H32N4O2/c1-5-23(6-2)11-12-25-17-10-7-15(13-18(17)24-4)14-21-19(20)22(3)16-8-9-16/h7,10,13,16H,5-6,8-9,11-12,14H2,1-4H3,(H2,20,21). The molecule has 0 bridgehead atoms. The number of hydrogen-bond acceptors (Lipinski definition) is 4. The molecule has 0 heterocycles. The van der Waals surface area contributed by atoms with E-state index >= 15 is 0 Å². The van der Waals surface area contributed by atoms with Gasteiger partial charge in [0.25, 0.3) is 0 Å². The van der Waals surface area contributed by atoms with Crippen LogP contribution in [-0.4, -0.2) is 62.2 Å². The molecular weight excluding hydrogens is 316 g/mol. The second-order valence-corrected chi connectivity index (χ2v) is 6.38. The van der Waals surface area contributed by atoms with Crippen LogP contribution in [0.3, 0.4) is 0 Å². The monoisotopic (exact) mass is 348 g/mol. The smallest absolute Gasteiger partial charge is 0.191 e. The minimum atomic E-state index is 0.541. The van der Waals surface area contributed by atoms with Crippen molar-refractivity contribution in [1.82, 2.24) is 9.80 Å². The van der Waals surface area contributed by atoms with Gasteiger partial charge in [-0.3, -0.25) is 0 Å². The molecule has 0 atom stereocenters. The lowest BCUT2D eigenvalue weighted by Gasteiger charge is -2.19. The highest BCUT2D eigenvalue weighted by atomic mass is 16.5. The van der Waals surface area contributed by atoms with Gasteiger partial charge in [0.05, 0.1) is 13.7 Å². The highest BCUT2D eigenvalue weighted by Crippen LogP contribution is 2.28. The Morgan fingerprint density at radius 2 is 1.96 bits per heavy atom. The van der Waals surface area contributed by atoms with Gasteiger partial charge in [-0.15, -0.1) is 0 Å². The normalized spacial score (nSPS) is 14.7. The summed E-state index contributed by atoms with van der Waals surface area (Å²) in [6.45, 7) is 8.48. The summed E-state index contributed by atoms with van der Waals surface area (Å²) in [5.74, 6) is 2.10. The highest BCUT2D eigenvalue weighted by Gasteiger charge is 2.27. The van der Waals surface area contributed by atoms with Gasteiger partial charge in [-0.1, -0.05) is 19.9 Å². The average molecular weight is 348 g/mol. The molecule has 0 saturated heterocycles. The fourth-order valence-electron chi connectivity index (χ4n) is 2.69. The zero-order chi connectivity index (χ0) is 18.2. The van der Waals surface area contributed by atoms with Crippen LogP contribution < -0.4 is 15.2 Å². The van der Waals surface area contributed by atoms with Crippen molar-refractivity contribution in [2.24, 2.45) is 10.7 Å². The summed E-state index contributed by atoms with van der Waals surface area (Å²) in [7, 11) is 3.67. The zero-order valence-corrected chi connectivity index (χ0v) is 16.0. The summed E-state index contributed by atoms with van der Waals surface area (Å²) in [5, 5.41) is 0. The van der Waals surface area contributed by atoms with Crippen LogP contribution in [-0.2, 0) is 6.54 Å². The van der Waals surface area contributed by atoms with Crippen LogP contribution in [0.25, 0.3) is 0 Å². The molecule has 1 saturated carbocycles. The minimum Gasteiger partial charge on any atom is -0.493 e. The molecule has 0 aromatic heterocycles. The van der Waals surface area contributed by atoms with Gasteiger partial charge in [0.1, 0.15) is 6.61 Å². The first-order valence-corrected chi connectivity index (χ1v) is 9.13. The molecule has 0 amide bonds. The highest BCUT2D eigenvalue weighted by molar-refractivity contribution is 5.78. The van der Waals surface area contributed by atoms with Crippen molar-refractivity contribution in [3.8, 4) is 11.5 Å². The Kier molecular flexibility index (Phi) is 7.37. The van der Waals surface area contributed by atoms with E-state index in [2.05, 4.69) is 28.6 Å². The maximum atomic E-state index is 6.04. The van der Waals surface area contributed by atoms with Crippen molar-refractivity contribution in [2.75, 3.05) is 40.4 Å². The number of rotatable bonds is 10. The summed E-state index contributed by atoms with van der Waals surface area (Å²) in [4.78, 5) is 8.87. The number of hydrogen-bond donors (Lipinski definition) is 1. The van der Waals surface area contributed by atoms with E-state index < -0.39 is 0 Å². The van der Waals surface area contributed by atoms with Gasteiger partial charge in [-0.2, -0.15) is 0 Å². The number of nitrogens with zero attached hydrogens (tertiary/aromatic N) is 3. The number of likely N-dealkylation sites (N-methyl/N-ethyl adjacent to an activating group) is 1. The van der Waals surface area contributed by atoms with E-state index in [1.807, 2.05) is 25.2 Å².